The molecule has 0 spiro atoms. The molecule has 2 aromatic carbocycles. The molecule has 1 fully saturated rings. The largest absolute Gasteiger partial charge is 0.507 e. The third-order valence-corrected chi connectivity index (χ3v) is 7.64. The molecule has 2 unspecified atom stereocenters. The number of carbonyl (C=O) groups excluding carboxylic acids is 3. The Labute approximate surface area is 222 Å². The fourth-order valence-electron chi connectivity index (χ4n) is 4.59. The molecule has 3 aromatic rings. The maximum atomic E-state index is 13.4. The molecular formula is C27H23ClN2O6S. The number of anilines is 1. The molecule has 1 amide bonds. The van der Waals surface area contributed by atoms with E-state index >= 15 is 0 Å². The quantitative estimate of drug-likeness (QED) is 0.205. The molecule has 3 heterocycles. The Morgan fingerprint density at radius 3 is 2.68 bits per heavy atom. The number of benzene rings is 2. The third-order valence-electron chi connectivity index (χ3n) is 6.25. The zero-order valence-electron chi connectivity index (χ0n) is 20.3. The minimum absolute atomic E-state index is 0.00813. The number of amides is 1. The Morgan fingerprint density at radius 1 is 1.24 bits per heavy atom. The highest BCUT2D eigenvalue weighted by Gasteiger charge is 2.48. The van der Waals surface area contributed by atoms with Crippen molar-refractivity contribution in [3.05, 3.63) is 80.3 Å². The van der Waals surface area contributed by atoms with Crippen LogP contribution in [0.3, 0.4) is 0 Å². The molecule has 2 aliphatic rings. The molecule has 5 rings (SSSR count). The third kappa shape index (κ3) is 4.38. The fraction of sp³-hybridized carbons (Fsp3) is 0.259. The maximum Gasteiger partial charge on any atom is 0.350 e. The Morgan fingerprint density at radius 2 is 1.97 bits per heavy atom. The number of aryl methyl sites for hydroxylation is 1. The Bertz CT molecular complexity index is 1460. The van der Waals surface area contributed by atoms with Gasteiger partial charge in [-0.1, -0.05) is 35.1 Å². The number of hydrogen-bond donors (Lipinski definition) is 1. The number of nitrogens with zero attached hydrogens (tertiary/aromatic N) is 2. The number of fused-ring (bicyclic) bond motifs is 1. The summed E-state index contributed by atoms with van der Waals surface area (Å²) >= 11 is 7.05. The number of rotatable bonds is 5. The lowest BCUT2D eigenvalue weighted by Crippen LogP contribution is -2.29. The zero-order chi connectivity index (χ0) is 26.4. The van der Waals surface area contributed by atoms with Gasteiger partial charge in [0.2, 0.25) is 0 Å². The van der Waals surface area contributed by atoms with E-state index in [2.05, 4.69) is 4.98 Å². The van der Waals surface area contributed by atoms with Crippen LogP contribution >= 0.6 is 22.9 Å². The summed E-state index contributed by atoms with van der Waals surface area (Å²) in [5.41, 5.74) is 2.15. The van der Waals surface area contributed by atoms with Gasteiger partial charge in [-0.05, 0) is 62.2 Å². The van der Waals surface area contributed by atoms with Crippen molar-refractivity contribution in [3.63, 3.8) is 0 Å². The van der Waals surface area contributed by atoms with Gasteiger partial charge in [0.15, 0.2) is 5.13 Å². The van der Waals surface area contributed by atoms with E-state index in [0.29, 0.717) is 28.3 Å². The molecule has 37 heavy (non-hydrogen) atoms. The molecule has 2 aliphatic heterocycles. The summed E-state index contributed by atoms with van der Waals surface area (Å²) in [5.74, 6) is -1.85. The van der Waals surface area contributed by atoms with Gasteiger partial charge in [-0.3, -0.25) is 14.5 Å². The van der Waals surface area contributed by atoms with Gasteiger partial charge in [0.25, 0.3) is 5.78 Å². The van der Waals surface area contributed by atoms with Crippen molar-refractivity contribution in [2.24, 2.45) is 0 Å². The van der Waals surface area contributed by atoms with Crippen LogP contribution in [0.2, 0.25) is 5.02 Å². The predicted molar refractivity (Wildman–Crippen MR) is 139 cm³/mol. The minimum Gasteiger partial charge on any atom is -0.507 e. The highest BCUT2D eigenvalue weighted by atomic mass is 35.5. The van der Waals surface area contributed by atoms with E-state index in [-0.39, 0.29) is 34.1 Å². The van der Waals surface area contributed by atoms with Crippen molar-refractivity contribution >= 4 is 51.5 Å². The monoisotopic (exact) mass is 538 g/mol. The van der Waals surface area contributed by atoms with Crippen LogP contribution in [0, 0.1) is 6.92 Å². The fourth-order valence-corrected chi connectivity index (χ4v) is 5.70. The summed E-state index contributed by atoms with van der Waals surface area (Å²) in [6.45, 7) is 5.46. The minimum atomic E-state index is -0.985. The Kier molecular flexibility index (Phi) is 6.51. The number of aliphatic hydroxyl groups is 1. The standard InChI is InChI=1S/C27H23ClN2O6S/c1-4-35-26(34)24-14(3)29-27(37-24)30-21(15-5-8-18(28)9-6-15)20(23(32)25(30)33)22(31)16-7-10-19-17(12-16)11-13(2)36-19/h5-10,12-13,21,31H,4,11H2,1-3H3/b22-20+. The van der Waals surface area contributed by atoms with E-state index in [4.69, 9.17) is 21.1 Å². The van der Waals surface area contributed by atoms with Crippen LogP contribution in [0.25, 0.3) is 5.76 Å². The van der Waals surface area contributed by atoms with Gasteiger partial charge in [-0.25, -0.2) is 9.78 Å². The van der Waals surface area contributed by atoms with Gasteiger partial charge >= 0.3 is 11.9 Å². The molecule has 0 aliphatic carbocycles. The molecule has 0 saturated carbocycles. The number of ether oxygens (including phenoxy) is 2. The Balaban J connectivity index is 1.66. The second kappa shape index (κ2) is 9.64. The van der Waals surface area contributed by atoms with Crippen molar-refractivity contribution in [1.29, 1.82) is 0 Å². The Hall–Kier alpha value is -3.69. The molecule has 1 aromatic heterocycles. The number of thiazole rings is 1. The molecular weight excluding hydrogens is 516 g/mol. The first kappa shape index (κ1) is 25.0. The van der Waals surface area contributed by atoms with E-state index in [9.17, 15) is 19.5 Å². The van der Waals surface area contributed by atoms with E-state index in [1.54, 1.807) is 56.3 Å². The molecule has 8 nitrogen and oxygen atoms in total. The molecule has 1 saturated heterocycles. The van der Waals surface area contributed by atoms with Gasteiger partial charge in [-0.2, -0.15) is 0 Å². The van der Waals surface area contributed by atoms with E-state index < -0.39 is 23.7 Å². The summed E-state index contributed by atoms with van der Waals surface area (Å²) in [4.78, 5) is 45.1. The molecule has 10 heteroatoms. The first-order valence-electron chi connectivity index (χ1n) is 11.7. The van der Waals surface area contributed by atoms with E-state index in [0.717, 1.165) is 22.6 Å². The second-order valence-corrected chi connectivity index (χ2v) is 10.2. The van der Waals surface area contributed by atoms with E-state index in [1.807, 2.05) is 6.92 Å². The van der Waals surface area contributed by atoms with Crippen LogP contribution in [-0.4, -0.2) is 40.5 Å². The average molecular weight is 539 g/mol. The summed E-state index contributed by atoms with van der Waals surface area (Å²) in [6.07, 6.45) is 0.675. The number of esters is 1. The van der Waals surface area contributed by atoms with Crippen molar-refractivity contribution in [2.45, 2.75) is 39.3 Å². The lowest BCUT2D eigenvalue weighted by Gasteiger charge is -2.23. The number of ketones is 1. The summed E-state index contributed by atoms with van der Waals surface area (Å²) in [5, 5.41) is 12.0. The highest BCUT2D eigenvalue weighted by molar-refractivity contribution is 7.17. The van der Waals surface area contributed by atoms with Crippen LogP contribution in [0.5, 0.6) is 5.75 Å². The van der Waals surface area contributed by atoms with Crippen LogP contribution in [-0.2, 0) is 20.7 Å². The van der Waals surface area contributed by atoms with Crippen molar-refractivity contribution in [2.75, 3.05) is 11.5 Å². The number of Topliss-reactive ketones (excluding diaryl/α,β-unsaturated/α-hetero) is 1. The van der Waals surface area contributed by atoms with Gasteiger partial charge in [0.1, 0.15) is 22.5 Å². The highest BCUT2D eigenvalue weighted by Crippen LogP contribution is 2.44. The van der Waals surface area contributed by atoms with Crippen LogP contribution < -0.4 is 9.64 Å². The van der Waals surface area contributed by atoms with Gasteiger partial charge in [0.05, 0.1) is 23.9 Å². The topological polar surface area (TPSA) is 106 Å². The van der Waals surface area contributed by atoms with Gasteiger partial charge in [-0.15, -0.1) is 0 Å². The molecule has 1 N–H and O–H groups in total. The molecule has 2 atom stereocenters. The molecule has 0 bridgehead atoms. The van der Waals surface area contributed by atoms with Crippen molar-refractivity contribution in [3.8, 4) is 5.75 Å². The second-order valence-electron chi connectivity index (χ2n) is 8.81. The molecule has 190 valence electrons. The lowest BCUT2D eigenvalue weighted by atomic mass is 9.94. The summed E-state index contributed by atoms with van der Waals surface area (Å²) in [6, 6.07) is 10.8. The number of aliphatic hydroxyl groups excluding tert-OH is 1. The average Bonchev–Trinajstić information content (AvgIpc) is 3.51. The van der Waals surface area contributed by atoms with Crippen molar-refractivity contribution < 1.29 is 29.0 Å². The summed E-state index contributed by atoms with van der Waals surface area (Å²) < 4.78 is 10.9. The zero-order valence-corrected chi connectivity index (χ0v) is 21.9. The number of hydrogen-bond acceptors (Lipinski definition) is 8. The first-order chi connectivity index (χ1) is 17.7. The number of carbonyl (C=O) groups is 3. The number of halogens is 1. The first-order valence-corrected chi connectivity index (χ1v) is 12.9. The van der Waals surface area contributed by atoms with Crippen LogP contribution in [0.4, 0.5) is 5.13 Å². The maximum absolute atomic E-state index is 13.4. The smallest absolute Gasteiger partial charge is 0.350 e. The SMILES string of the molecule is CCOC(=O)c1sc(N2C(=O)C(=O)/C(=C(/O)c3ccc4c(c3)CC(C)O4)C2c2ccc(Cl)cc2)nc1C. The summed E-state index contributed by atoms with van der Waals surface area (Å²) in [7, 11) is 0. The normalized spacial score (nSPS) is 20.2. The molecule has 0 radical (unpaired) electrons. The number of aromatic nitrogens is 1. The van der Waals surface area contributed by atoms with Crippen molar-refractivity contribution in [1.82, 2.24) is 4.98 Å². The predicted octanol–water partition coefficient (Wildman–Crippen LogP) is 5.23. The van der Waals surface area contributed by atoms with Crippen LogP contribution in [0.15, 0.2) is 48.0 Å². The van der Waals surface area contributed by atoms with Gasteiger partial charge in [0, 0.05) is 17.0 Å². The van der Waals surface area contributed by atoms with Gasteiger partial charge < -0.3 is 14.6 Å². The lowest BCUT2D eigenvalue weighted by molar-refractivity contribution is -0.132. The van der Waals surface area contributed by atoms with Crippen LogP contribution in [0.1, 0.15) is 51.9 Å². The van der Waals surface area contributed by atoms with E-state index in [1.165, 1.54) is 4.90 Å².